The second-order valence-corrected chi connectivity index (χ2v) is 6.57. The molecule has 1 aromatic carbocycles. The molecule has 1 atom stereocenters. The first-order chi connectivity index (χ1) is 8.22. The number of aryl methyl sites for hydroxylation is 1. The predicted molar refractivity (Wildman–Crippen MR) is 81.8 cm³/mol. The van der Waals surface area contributed by atoms with E-state index >= 15 is 0 Å². The van der Waals surface area contributed by atoms with E-state index in [-0.39, 0.29) is 5.54 Å². The fourth-order valence-corrected chi connectivity index (χ4v) is 2.87. The van der Waals surface area contributed by atoms with Gasteiger partial charge in [-0.25, -0.2) is 8.93 Å². The minimum absolute atomic E-state index is 0.244. The van der Waals surface area contributed by atoms with Crippen molar-refractivity contribution in [3.8, 4) is 0 Å². The summed E-state index contributed by atoms with van der Waals surface area (Å²) in [4.78, 5) is 0.521. The lowest BCUT2D eigenvalue weighted by molar-refractivity contribution is 0.519. The zero-order chi connectivity index (χ0) is 14.5. The highest BCUT2D eigenvalue weighted by molar-refractivity contribution is 7.83. The maximum absolute atomic E-state index is 12.0. The molecule has 0 bridgehead atoms. The molecule has 0 aliphatic rings. The Hall–Kier alpha value is -0.0900. The smallest absolute Gasteiger partial charge is 0.126 e. The van der Waals surface area contributed by atoms with E-state index in [1.165, 1.54) is 0 Å². The van der Waals surface area contributed by atoms with Crippen molar-refractivity contribution in [3.63, 3.8) is 0 Å². The molecule has 1 N–H and O–H groups in total. The molecule has 104 valence electrons. The summed E-state index contributed by atoms with van der Waals surface area (Å²) >= 11 is 12.1. The van der Waals surface area contributed by atoms with Gasteiger partial charge in [0.2, 0.25) is 0 Å². The van der Waals surface area contributed by atoms with Gasteiger partial charge in [0, 0.05) is 5.54 Å². The van der Waals surface area contributed by atoms with E-state index in [1.54, 1.807) is 6.07 Å². The van der Waals surface area contributed by atoms with E-state index in [0.29, 0.717) is 14.9 Å². The Morgan fingerprint density at radius 2 is 1.61 bits per heavy atom. The number of hydrogen-bond acceptors (Lipinski definition) is 1. The van der Waals surface area contributed by atoms with Gasteiger partial charge in [0.05, 0.1) is 14.9 Å². The van der Waals surface area contributed by atoms with Gasteiger partial charge >= 0.3 is 0 Å². The van der Waals surface area contributed by atoms with Gasteiger partial charge in [-0.05, 0) is 39.3 Å². The molecule has 18 heavy (non-hydrogen) atoms. The number of nitrogens with one attached hydrogen (secondary N) is 1. The topological polar surface area (TPSA) is 29.1 Å². The molecule has 1 rings (SSSR count). The molecule has 0 saturated heterocycles. The van der Waals surface area contributed by atoms with Gasteiger partial charge in [-0.15, -0.1) is 0 Å². The highest BCUT2D eigenvalue weighted by Crippen LogP contribution is 2.30. The molecular weight excluding hydrogens is 289 g/mol. The Morgan fingerprint density at radius 1 is 1.11 bits per heavy atom. The van der Waals surface area contributed by atoms with Crippen LogP contribution in [0.15, 0.2) is 17.0 Å². The van der Waals surface area contributed by atoms with Crippen LogP contribution in [0.3, 0.4) is 0 Å². The number of hydrogen-bond donors (Lipinski definition) is 1. The minimum atomic E-state index is -1.35. The van der Waals surface area contributed by atoms with Gasteiger partial charge in [-0.2, -0.15) is 0 Å². The molecule has 2 nitrogen and oxygen atoms in total. The van der Waals surface area contributed by atoms with Crippen LogP contribution >= 0.6 is 23.2 Å². The van der Waals surface area contributed by atoms with Crippen LogP contribution in [0.4, 0.5) is 0 Å². The summed E-state index contributed by atoms with van der Waals surface area (Å²) in [6.45, 7) is 11.7. The van der Waals surface area contributed by atoms with Gasteiger partial charge in [-0.1, -0.05) is 43.1 Å². The van der Waals surface area contributed by atoms with Crippen molar-refractivity contribution >= 4 is 34.2 Å². The largest absolute Gasteiger partial charge is 0.237 e. The van der Waals surface area contributed by atoms with Crippen molar-refractivity contribution in [3.05, 3.63) is 27.7 Å². The number of halogens is 2. The van der Waals surface area contributed by atoms with Crippen LogP contribution in [0.25, 0.3) is 0 Å². The van der Waals surface area contributed by atoms with Gasteiger partial charge < -0.3 is 0 Å². The lowest BCUT2D eigenvalue weighted by atomic mass is 10.1. The monoisotopic (exact) mass is 309 g/mol. The molecule has 0 aliphatic carbocycles. The Bertz CT molecular complexity index is 428. The van der Waals surface area contributed by atoms with E-state index < -0.39 is 11.0 Å². The SMILES string of the molecule is CC.Cc1ccc(S(=O)NC(C)(C)C)c(Cl)c1Cl. The average molecular weight is 310 g/mol. The van der Waals surface area contributed by atoms with E-state index in [0.717, 1.165) is 5.56 Å². The molecule has 1 aromatic rings. The maximum Gasteiger partial charge on any atom is 0.126 e. The summed E-state index contributed by atoms with van der Waals surface area (Å²) in [7, 11) is -1.35. The third-order valence-electron chi connectivity index (χ3n) is 1.84. The summed E-state index contributed by atoms with van der Waals surface area (Å²) in [5, 5.41) is 0.819. The summed E-state index contributed by atoms with van der Waals surface area (Å²) in [6, 6.07) is 3.55. The Kier molecular flexibility index (Phi) is 7.45. The Morgan fingerprint density at radius 3 is 2.06 bits per heavy atom. The van der Waals surface area contributed by atoms with Crippen LogP contribution in [0.2, 0.25) is 10.0 Å². The molecule has 5 heteroatoms. The predicted octanol–water partition coefficient (Wildman–Crippen LogP) is 4.74. The molecule has 0 aromatic heterocycles. The van der Waals surface area contributed by atoms with Gasteiger partial charge in [0.15, 0.2) is 0 Å². The summed E-state index contributed by atoms with van der Waals surface area (Å²) in [6.07, 6.45) is 0. The molecule has 0 aliphatic heterocycles. The second-order valence-electron chi connectivity index (χ2n) is 4.63. The van der Waals surface area contributed by atoms with Crippen molar-refractivity contribution in [1.29, 1.82) is 0 Å². The molecule has 0 amide bonds. The first-order valence-corrected chi connectivity index (χ1v) is 7.77. The molecule has 0 radical (unpaired) electrons. The van der Waals surface area contributed by atoms with Crippen molar-refractivity contribution in [2.75, 3.05) is 0 Å². The van der Waals surface area contributed by atoms with E-state index in [2.05, 4.69) is 4.72 Å². The lowest BCUT2D eigenvalue weighted by Crippen LogP contribution is -2.37. The summed E-state index contributed by atoms with van der Waals surface area (Å²) in [5.74, 6) is 0. The summed E-state index contributed by atoms with van der Waals surface area (Å²) in [5.41, 5.74) is 0.633. The van der Waals surface area contributed by atoms with Gasteiger partial charge in [0.1, 0.15) is 11.0 Å². The molecule has 0 heterocycles. The quantitative estimate of drug-likeness (QED) is 0.840. The van der Waals surface area contributed by atoms with Gasteiger partial charge in [-0.3, -0.25) is 0 Å². The lowest BCUT2D eigenvalue weighted by Gasteiger charge is -2.20. The van der Waals surface area contributed by atoms with E-state index in [9.17, 15) is 4.21 Å². The second kappa shape index (κ2) is 7.49. The minimum Gasteiger partial charge on any atom is -0.237 e. The standard InChI is InChI=1S/C11H15Cl2NOS.C2H6/c1-7-5-6-8(10(13)9(7)12)16(15)14-11(2,3)4;1-2/h5-6,14H,1-4H3;1-2H3. The Balaban J connectivity index is 0.00000137. The zero-order valence-corrected chi connectivity index (χ0v) is 14.1. The Labute approximate surface area is 123 Å². The van der Waals surface area contributed by atoms with Crippen molar-refractivity contribution in [2.24, 2.45) is 0 Å². The highest BCUT2D eigenvalue weighted by atomic mass is 35.5. The van der Waals surface area contributed by atoms with Crippen LogP contribution in [-0.2, 0) is 11.0 Å². The molecule has 0 saturated carbocycles. The normalized spacial score (nSPS) is 12.7. The molecular formula is C13H21Cl2NOS. The third-order valence-corrected chi connectivity index (χ3v) is 4.46. The van der Waals surface area contributed by atoms with Crippen LogP contribution in [0, 0.1) is 6.92 Å². The number of benzene rings is 1. The molecule has 0 fully saturated rings. The van der Waals surface area contributed by atoms with Crippen LogP contribution < -0.4 is 4.72 Å². The van der Waals surface area contributed by atoms with Crippen LogP contribution in [-0.4, -0.2) is 9.75 Å². The van der Waals surface area contributed by atoms with Crippen molar-refractivity contribution in [2.45, 2.75) is 52.0 Å². The fraction of sp³-hybridized carbons (Fsp3) is 0.538. The van der Waals surface area contributed by atoms with Crippen LogP contribution in [0.1, 0.15) is 40.2 Å². The van der Waals surface area contributed by atoms with Gasteiger partial charge in [0.25, 0.3) is 0 Å². The van der Waals surface area contributed by atoms with E-state index in [4.69, 9.17) is 23.2 Å². The zero-order valence-electron chi connectivity index (χ0n) is 11.7. The summed E-state index contributed by atoms with van der Waals surface area (Å²) < 4.78 is 15.0. The average Bonchev–Trinajstić information content (AvgIpc) is 2.26. The van der Waals surface area contributed by atoms with Crippen LogP contribution in [0.5, 0.6) is 0 Å². The highest BCUT2D eigenvalue weighted by Gasteiger charge is 2.18. The molecule has 0 spiro atoms. The number of rotatable bonds is 2. The molecule has 1 unspecified atom stereocenters. The van der Waals surface area contributed by atoms with Crippen molar-refractivity contribution in [1.82, 2.24) is 4.72 Å². The fourth-order valence-electron chi connectivity index (χ4n) is 1.10. The first-order valence-electron chi connectivity index (χ1n) is 5.86. The maximum atomic E-state index is 12.0. The third kappa shape index (κ3) is 5.27. The van der Waals surface area contributed by atoms with E-state index in [1.807, 2.05) is 47.6 Å². The van der Waals surface area contributed by atoms with Crippen molar-refractivity contribution < 1.29 is 4.21 Å². The first kappa shape index (κ1) is 17.9.